The lowest BCUT2D eigenvalue weighted by Crippen LogP contribution is -2.51. The van der Waals surface area contributed by atoms with Crippen LogP contribution in [0.1, 0.15) is 28.5 Å². The minimum Gasteiger partial charge on any atom is -0.274 e. The van der Waals surface area contributed by atoms with Gasteiger partial charge in [0, 0.05) is 0 Å². The number of fused-ring (bicyclic) bond motifs is 6. The molecule has 1 aliphatic carbocycles. The Bertz CT molecular complexity index is 1740. The maximum Gasteiger partial charge on any atom is 0.242 e. The first kappa shape index (κ1) is 25.0. The van der Waals surface area contributed by atoms with Gasteiger partial charge in [0.1, 0.15) is 11.6 Å². The van der Waals surface area contributed by atoms with Crippen molar-refractivity contribution < 1.29 is 28.0 Å². The monoisotopic (exact) mass is 548 g/mol. The van der Waals surface area contributed by atoms with Gasteiger partial charge in [-0.25, -0.2) is 18.6 Å². The minimum absolute atomic E-state index is 0.0204. The summed E-state index contributed by atoms with van der Waals surface area (Å²) >= 11 is 0. The van der Waals surface area contributed by atoms with Gasteiger partial charge in [0.25, 0.3) is 0 Å². The maximum atomic E-state index is 14.7. The summed E-state index contributed by atoms with van der Waals surface area (Å²) < 4.78 is 27.6. The Hall–Kier alpha value is -4.98. The smallest absolute Gasteiger partial charge is 0.242 e. The fourth-order valence-corrected chi connectivity index (χ4v) is 6.96. The van der Waals surface area contributed by atoms with Crippen LogP contribution in [0, 0.1) is 23.0 Å². The van der Waals surface area contributed by atoms with Crippen LogP contribution in [-0.2, 0) is 25.6 Å². The molecule has 0 aromatic heterocycles. The van der Waals surface area contributed by atoms with Crippen molar-refractivity contribution in [3.8, 4) is 0 Å². The second kappa shape index (κ2) is 9.02. The second-order valence-corrected chi connectivity index (χ2v) is 10.7. The summed E-state index contributed by atoms with van der Waals surface area (Å²) in [5, 5.41) is 0. The zero-order chi connectivity index (χ0) is 28.5. The number of hydrogen-bond donors (Lipinski definition) is 0. The highest BCUT2D eigenvalue weighted by molar-refractivity contribution is 6.31. The first-order valence-electron chi connectivity index (χ1n) is 13.2. The van der Waals surface area contributed by atoms with Crippen LogP contribution in [0.15, 0.2) is 103 Å². The van der Waals surface area contributed by atoms with Crippen LogP contribution in [0.2, 0.25) is 0 Å². The maximum absolute atomic E-state index is 14.7. The van der Waals surface area contributed by atoms with Crippen LogP contribution in [0.25, 0.3) is 0 Å². The predicted molar refractivity (Wildman–Crippen MR) is 146 cm³/mol. The number of imide groups is 2. The SMILES string of the molecule is O=C1[C@@H]2c3ccccc3[C@@H]3C(=O)N(c4ccc(F)cc4)C(=O)[C@]3(Cc3ccccc3)[C@@H]2C(=O)N1c1ccc(F)cc1. The molecule has 3 aliphatic rings. The van der Waals surface area contributed by atoms with Crippen molar-refractivity contribution in [3.05, 3.63) is 131 Å². The molecule has 4 amide bonds. The summed E-state index contributed by atoms with van der Waals surface area (Å²) in [4.78, 5) is 59.6. The Morgan fingerprint density at radius 3 is 1.73 bits per heavy atom. The Labute approximate surface area is 233 Å². The number of halogens is 2. The Morgan fingerprint density at radius 1 is 0.585 bits per heavy atom. The third-order valence-corrected chi connectivity index (χ3v) is 8.60. The number of carbonyl (C=O) groups excluding carboxylic acids is 4. The van der Waals surface area contributed by atoms with Gasteiger partial charge in [0.2, 0.25) is 23.6 Å². The normalized spacial score (nSPS) is 24.9. The van der Waals surface area contributed by atoms with E-state index in [-0.39, 0.29) is 17.8 Å². The highest BCUT2D eigenvalue weighted by atomic mass is 19.1. The van der Waals surface area contributed by atoms with E-state index >= 15 is 0 Å². The third kappa shape index (κ3) is 3.46. The Kier molecular flexibility index (Phi) is 5.51. The first-order chi connectivity index (χ1) is 19.8. The van der Waals surface area contributed by atoms with E-state index in [4.69, 9.17) is 0 Å². The third-order valence-electron chi connectivity index (χ3n) is 8.60. The molecule has 4 aromatic carbocycles. The van der Waals surface area contributed by atoms with E-state index in [1.54, 1.807) is 36.4 Å². The van der Waals surface area contributed by atoms with E-state index in [2.05, 4.69) is 0 Å². The van der Waals surface area contributed by atoms with Crippen LogP contribution < -0.4 is 9.80 Å². The van der Waals surface area contributed by atoms with Gasteiger partial charge in [-0.15, -0.1) is 0 Å². The molecular weight excluding hydrogens is 526 g/mol. The quantitative estimate of drug-likeness (QED) is 0.331. The van der Waals surface area contributed by atoms with Crippen molar-refractivity contribution in [3.63, 3.8) is 0 Å². The van der Waals surface area contributed by atoms with Gasteiger partial charge in [-0.1, -0.05) is 54.6 Å². The highest BCUT2D eigenvalue weighted by Gasteiger charge is 2.73. The summed E-state index contributed by atoms with van der Waals surface area (Å²) in [7, 11) is 0. The number of amides is 4. The average molecular weight is 549 g/mol. The first-order valence-corrected chi connectivity index (χ1v) is 13.2. The number of hydrogen-bond acceptors (Lipinski definition) is 4. The molecule has 0 N–H and O–H groups in total. The number of nitrogens with zero attached hydrogens (tertiary/aromatic N) is 2. The lowest BCUT2D eigenvalue weighted by Gasteiger charge is -2.43. The lowest BCUT2D eigenvalue weighted by molar-refractivity contribution is -0.138. The molecule has 8 heteroatoms. The minimum atomic E-state index is -1.65. The predicted octanol–water partition coefficient (Wildman–Crippen LogP) is 5.14. The van der Waals surface area contributed by atoms with Crippen molar-refractivity contribution in [2.45, 2.75) is 18.3 Å². The van der Waals surface area contributed by atoms with E-state index in [1.807, 2.05) is 18.2 Å². The standard InChI is InChI=1S/C33H22F2N2O4/c34-20-10-14-22(15-11-20)36-29(38)26-24-8-4-5-9-25(24)27-30(39)37(23-16-12-21(35)13-17-23)32(41)33(27,28(26)31(36)40)18-19-6-2-1-3-7-19/h1-17,26-28H,18H2/t26-,27-,28+,33+/m1/s1. The molecule has 202 valence electrons. The molecule has 6 nitrogen and oxygen atoms in total. The molecule has 2 saturated heterocycles. The molecule has 2 aliphatic heterocycles. The fourth-order valence-electron chi connectivity index (χ4n) is 6.96. The topological polar surface area (TPSA) is 74.8 Å². The van der Waals surface area contributed by atoms with Crippen molar-refractivity contribution >= 4 is 35.0 Å². The van der Waals surface area contributed by atoms with Crippen molar-refractivity contribution in [1.82, 2.24) is 0 Å². The van der Waals surface area contributed by atoms with E-state index in [0.29, 0.717) is 11.1 Å². The van der Waals surface area contributed by atoms with Crippen LogP contribution in [0.4, 0.5) is 20.2 Å². The van der Waals surface area contributed by atoms with Gasteiger partial charge in [0.15, 0.2) is 0 Å². The molecule has 2 heterocycles. The van der Waals surface area contributed by atoms with Crippen LogP contribution >= 0.6 is 0 Å². The molecule has 4 atom stereocenters. The molecule has 0 radical (unpaired) electrons. The van der Waals surface area contributed by atoms with Crippen LogP contribution in [0.5, 0.6) is 0 Å². The average Bonchev–Trinajstić information content (AvgIpc) is 3.37. The molecule has 4 aromatic rings. The lowest BCUT2D eigenvalue weighted by atomic mass is 9.54. The van der Waals surface area contributed by atoms with Gasteiger partial charge in [-0.2, -0.15) is 0 Å². The van der Waals surface area contributed by atoms with Gasteiger partial charge in [-0.05, 0) is 71.6 Å². The van der Waals surface area contributed by atoms with E-state index < -0.39 is 58.4 Å². The summed E-state index contributed by atoms with van der Waals surface area (Å²) in [6, 6.07) is 26.1. The van der Waals surface area contributed by atoms with Crippen LogP contribution in [0.3, 0.4) is 0 Å². The molecule has 0 unspecified atom stereocenters. The Morgan fingerprint density at radius 2 is 1.12 bits per heavy atom. The van der Waals surface area contributed by atoms with Gasteiger partial charge in [-0.3, -0.25) is 19.2 Å². The Balaban J connectivity index is 1.49. The number of anilines is 2. The zero-order valence-corrected chi connectivity index (χ0v) is 21.5. The van der Waals surface area contributed by atoms with Gasteiger partial charge < -0.3 is 0 Å². The van der Waals surface area contributed by atoms with Crippen molar-refractivity contribution in [1.29, 1.82) is 0 Å². The van der Waals surface area contributed by atoms with E-state index in [0.717, 1.165) is 27.5 Å². The highest BCUT2D eigenvalue weighted by Crippen LogP contribution is 2.63. The molecule has 0 saturated carbocycles. The molecule has 7 rings (SSSR count). The zero-order valence-electron chi connectivity index (χ0n) is 21.5. The van der Waals surface area contributed by atoms with Crippen molar-refractivity contribution in [2.24, 2.45) is 11.3 Å². The summed E-state index contributed by atoms with van der Waals surface area (Å²) in [5.74, 6) is -6.67. The molecule has 0 spiro atoms. The molecule has 41 heavy (non-hydrogen) atoms. The second-order valence-electron chi connectivity index (χ2n) is 10.7. The fraction of sp³-hybridized carbons (Fsp3) is 0.152. The summed E-state index contributed by atoms with van der Waals surface area (Å²) in [6.45, 7) is 0. The molecule has 0 bridgehead atoms. The number of rotatable bonds is 4. The summed E-state index contributed by atoms with van der Waals surface area (Å²) in [6.07, 6.45) is 0.0204. The van der Waals surface area contributed by atoms with Crippen molar-refractivity contribution in [2.75, 3.05) is 9.80 Å². The molecular formula is C33H22F2N2O4. The van der Waals surface area contributed by atoms with Gasteiger partial charge >= 0.3 is 0 Å². The summed E-state index contributed by atoms with van der Waals surface area (Å²) in [5.41, 5.74) is 0.466. The largest absolute Gasteiger partial charge is 0.274 e. The number of carbonyl (C=O) groups is 4. The van der Waals surface area contributed by atoms with E-state index in [9.17, 15) is 28.0 Å². The van der Waals surface area contributed by atoms with Gasteiger partial charge in [0.05, 0.1) is 34.5 Å². The molecule has 2 fully saturated rings. The number of benzene rings is 4. The van der Waals surface area contributed by atoms with E-state index in [1.165, 1.54) is 36.4 Å². The van der Waals surface area contributed by atoms with Crippen LogP contribution in [-0.4, -0.2) is 23.6 Å².